The number of carbonyl (C=O) groups excluding carboxylic acids is 3. The third-order valence-corrected chi connectivity index (χ3v) is 8.68. The van der Waals surface area contributed by atoms with Gasteiger partial charge in [0.15, 0.2) is 0 Å². The van der Waals surface area contributed by atoms with Crippen LogP contribution in [0.5, 0.6) is 0 Å². The summed E-state index contributed by atoms with van der Waals surface area (Å²) in [7, 11) is 1.59. The Morgan fingerprint density at radius 1 is 1.18 bits per heavy atom. The van der Waals surface area contributed by atoms with E-state index in [0.717, 1.165) is 5.57 Å². The number of aliphatic hydroxyl groups excluding tert-OH is 1. The van der Waals surface area contributed by atoms with E-state index in [0.29, 0.717) is 24.8 Å². The molecule has 1 N–H and O–H groups in total. The molecule has 1 saturated heterocycles. The van der Waals surface area contributed by atoms with Gasteiger partial charge in [-0.1, -0.05) is 45.1 Å². The minimum Gasteiger partial charge on any atom is -0.459 e. The molecule has 0 aromatic heterocycles. The summed E-state index contributed by atoms with van der Waals surface area (Å²) in [5, 5.41) is 11.8. The van der Waals surface area contributed by atoms with E-state index >= 15 is 0 Å². The second kappa shape index (κ2) is 11.7. The van der Waals surface area contributed by atoms with E-state index in [4.69, 9.17) is 23.7 Å². The molecule has 1 aliphatic heterocycles. The molecule has 9 unspecified atom stereocenters. The maximum atomic E-state index is 12.6. The number of carbonyl (C=O) groups is 3. The summed E-state index contributed by atoms with van der Waals surface area (Å²) in [6.45, 7) is 14.2. The van der Waals surface area contributed by atoms with E-state index in [1.54, 1.807) is 19.3 Å². The first kappa shape index (κ1) is 30.1. The predicted octanol–water partition coefficient (Wildman–Crippen LogP) is 3.99. The van der Waals surface area contributed by atoms with Crippen LogP contribution in [0.2, 0.25) is 0 Å². The fraction of sp³-hybridized carbons (Fsp3) is 0.690. The summed E-state index contributed by atoms with van der Waals surface area (Å²) in [5.74, 6) is -2.39. The maximum Gasteiger partial charge on any atom is 0.308 e. The van der Waals surface area contributed by atoms with Gasteiger partial charge in [-0.25, -0.2) is 0 Å². The Morgan fingerprint density at radius 3 is 2.39 bits per heavy atom. The van der Waals surface area contributed by atoms with Gasteiger partial charge < -0.3 is 24.1 Å². The van der Waals surface area contributed by atoms with Crippen LogP contribution in [0.15, 0.2) is 36.0 Å². The van der Waals surface area contributed by atoms with Gasteiger partial charge in [0.1, 0.15) is 11.5 Å². The van der Waals surface area contributed by atoms with E-state index in [2.05, 4.69) is 19.6 Å². The lowest BCUT2D eigenvalue weighted by Gasteiger charge is -2.62. The van der Waals surface area contributed by atoms with Gasteiger partial charge in [-0.15, -0.1) is 0 Å². The summed E-state index contributed by atoms with van der Waals surface area (Å²) >= 11 is 0. The highest BCUT2D eigenvalue weighted by Crippen LogP contribution is 2.67. The number of aliphatic hydroxyl groups is 1. The van der Waals surface area contributed by atoms with Crippen LogP contribution in [0, 0.1) is 22.7 Å². The number of ether oxygens (including phenoxy) is 5. The molecule has 3 aliphatic rings. The van der Waals surface area contributed by atoms with Crippen LogP contribution in [-0.2, 0) is 38.1 Å². The van der Waals surface area contributed by atoms with Gasteiger partial charge in [-0.05, 0) is 49.5 Å². The molecule has 3 rings (SSSR count). The van der Waals surface area contributed by atoms with Crippen molar-refractivity contribution in [1.29, 1.82) is 0 Å². The van der Waals surface area contributed by atoms with E-state index in [-0.39, 0.29) is 24.4 Å². The van der Waals surface area contributed by atoms with Crippen molar-refractivity contribution >= 4 is 17.9 Å². The summed E-state index contributed by atoms with van der Waals surface area (Å²) in [4.78, 5) is 37.3. The van der Waals surface area contributed by atoms with Crippen molar-refractivity contribution < 1.29 is 43.2 Å². The van der Waals surface area contributed by atoms with E-state index in [1.165, 1.54) is 13.8 Å². The molecule has 2 aliphatic carbocycles. The average Bonchev–Trinajstić information content (AvgIpc) is 3.15. The third kappa shape index (κ3) is 5.20. The molecule has 9 heteroatoms. The molecule has 2 fully saturated rings. The zero-order valence-electron chi connectivity index (χ0n) is 23.5. The molecule has 212 valence electrons. The SMILES string of the molecule is C=CC(C)=CCC1(C)C(C)C(O)C(OC(C)=O)C23C(=CC(OC)CC12)C(OC(=O)CCC)OC3OC(C)=O. The Kier molecular flexibility index (Phi) is 9.27. The summed E-state index contributed by atoms with van der Waals surface area (Å²) in [5.41, 5.74) is -0.463. The molecule has 1 heterocycles. The smallest absolute Gasteiger partial charge is 0.308 e. The first-order chi connectivity index (χ1) is 17.9. The van der Waals surface area contributed by atoms with Crippen LogP contribution in [0.25, 0.3) is 0 Å². The molecule has 0 aromatic carbocycles. The zero-order chi connectivity index (χ0) is 28.4. The normalized spacial score (nSPS) is 38.4. The third-order valence-electron chi connectivity index (χ3n) is 8.68. The Balaban J connectivity index is 2.31. The van der Waals surface area contributed by atoms with Gasteiger partial charge >= 0.3 is 17.9 Å². The molecule has 9 nitrogen and oxygen atoms in total. The van der Waals surface area contributed by atoms with Gasteiger partial charge in [-0.2, -0.15) is 0 Å². The molecule has 9 atom stereocenters. The number of hydrogen-bond donors (Lipinski definition) is 1. The lowest BCUT2D eigenvalue weighted by Crippen LogP contribution is -2.68. The van der Waals surface area contributed by atoms with Crippen molar-refractivity contribution in [1.82, 2.24) is 0 Å². The lowest BCUT2D eigenvalue weighted by atomic mass is 9.44. The minimum atomic E-state index is -1.32. The van der Waals surface area contributed by atoms with Crippen molar-refractivity contribution in [2.45, 2.75) is 98.1 Å². The second-order valence-corrected chi connectivity index (χ2v) is 10.9. The van der Waals surface area contributed by atoms with E-state index < -0.39 is 53.5 Å². The number of esters is 3. The van der Waals surface area contributed by atoms with Gasteiger partial charge in [0.25, 0.3) is 0 Å². The Bertz CT molecular complexity index is 1000. The molecule has 0 radical (unpaired) electrons. The largest absolute Gasteiger partial charge is 0.459 e. The summed E-state index contributed by atoms with van der Waals surface area (Å²) in [6.07, 6.45) is 2.29. The van der Waals surface area contributed by atoms with Crippen LogP contribution >= 0.6 is 0 Å². The van der Waals surface area contributed by atoms with Gasteiger partial charge in [0.05, 0.1) is 12.2 Å². The number of rotatable bonds is 9. The van der Waals surface area contributed by atoms with Gasteiger partial charge in [0, 0.05) is 33.0 Å². The van der Waals surface area contributed by atoms with Crippen LogP contribution < -0.4 is 0 Å². The van der Waals surface area contributed by atoms with Crippen molar-refractivity contribution in [3.05, 3.63) is 36.0 Å². The minimum absolute atomic E-state index is 0.173. The van der Waals surface area contributed by atoms with Crippen molar-refractivity contribution in [2.24, 2.45) is 22.7 Å². The van der Waals surface area contributed by atoms with Crippen LogP contribution in [0.3, 0.4) is 0 Å². The molecule has 38 heavy (non-hydrogen) atoms. The Hall–Kier alpha value is -2.49. The molecule has 0 bridgehead atoms. The quantitative estimate of drug-likeness (QED) is 0.203. The summed E-state index contributed by atoms with van der Waals surface area (Å²) in [6, 6.07) is 0. The first-order valence-corrected chi connectivity index (χ1v) is 13.3. The fourth-order valence-corrected chi connectivity index (χ4v) is 6.54. The van der Waals surface area contributed by atoms with Crippen LogP contribution in [0.4, 0.5) is 0 Å². The average molecular weight is 535 g/mol. The van der Waals surface area contributed by atoms with Crippen molar-refractivity contribution in [3.63, 3.8) is 0 Å². The first-order valence-electron chi connectivity index (χ1n) is 13.3. The van der Waals surface area contributed by atoms with E-state index in [1.807, 2.05) is 20.8 Å². The topological polar surface area (TPSA) is 118 Å². The molecular formula is C29H42O9. The predicted molar refractivity (Wildman–Crippen MR) is 138 cm³/mol. The lowest BCUT2D eigenvalue weighted by molar-refractivity contribution is -0.276. The Labute approximate surface area is 225 Å². The second-order valence-electron chi connectivity index (χ2n) is 10.9. The molecule has 1 spiro atoms. The zero-order valence-corrected chi connectivity index (χ0v) is 23.5. The van der Waals surface area contributed by atoms with E-state index in [9.17, 15) is 19.5 Å². The Morgan fingerprint density at radius 2 is 1.84 bits per heavy atom. The number of hydrogen-bond acceptors (Lipinski definition) is 9. The number of allylic oxidation sites excluding steroid dienone is 3. The van der Waals surface area contributed by atoms with Crippen LogP contribution in [-0.4, -0.2) is 61.0 Å². The fourth-order valence-electron chi connectivity index (χ4n) is 6.54. The molecular weight excluding hydrogens is 492 g/mol. The van der Waals surface area contributed by atoms with Gasteiger partial charge in [-0.3, -0.25) is 19.1 Å². The highest BCUT2D eigenvalue weighted by atomic mass is 16.8. The molecule has 0 amide bonds. The van der Waals surface area contributed by atoms with Crippen LogP contribution in [0.1, 0.15) is 67.2 Å². The summed E-state index contributed by atoms with van der Waals surface area (Å²) < 4.78 is 29.3. The standard InChI is InChI=1S/C29H42O9/c1-9-11-23(32)37-26-21-14-20(34-8)15-22-28(7,13-12-16(3)10-2)17(4)24(33)25(35-18(5)30)29(21,22)27(38-26)36-19(6)31/h10,12,14,17,20,22,24-27,33H,2,9,11,13,15H2,1,3-8H3. The highest BCUT2D eigenvalue weighted by molar-refractivity contribution is 5.70. The van der Waals surface area contributed by atoms with Gasteiger partial charge in [0.2, 0.25) is 12.6 Å². The molecule has 0 aromatic rings. The maximum absolute atomic E-state index is 12.6. The van der Waals surface area contributed by atoms with Crippen molar-refractivity contribution in [2.75, 3.05) is 7.11 Å². The number of methoxy groups -OCH3 is 1. The monoisotopic (exact) mass is 534 g/mol. The van der Waals surface area contributed by atoms with Crippen molar-refractivity contribution in [3.8, 4) is 0 Å². The molecule has 1 saturated carbocycles. The highest BCUT2D eigenvalue weighted by Gasteiger charge is 2.74.